The second-order valence-electron chi connectivity index (χ2n) is 5.41. The van der Waals surface area contributed by atoms with Gasteiger partial charge in [0.25, 0.3) is 0 Å². The smallest absolute Gasteiger partial charge is 0.213 e. The Kier molecular flexibility index (Phi) is 5.10. The van der Waals surface area contributed by atoms with Gasteiger partial charge in [-0.3, -0.25) is 4.98 Å². The quantitative estimate of drug-likeness (QED) is 0.790. The Labute approximate surface area is 121 Å². The van der Waals surface area contributed by atoms with Gasteiger partial charge in [0.05, 0.1) is 6.61 Å². The normalized spacial score (nSPS) is 12.4. The summed E-state index contributed by atoms with van der Waals surface area (Å²) in [6.07, 6.45) is 6.57. The molecule has 0 bridgehead atoms. The van der Waals surface area contributed by atoms with Gasteiger partial charge in [-0.1, -0.05) is 32.9 Å². The lowest BCUT2D eigenvalue weighted by Crippen LogP contribution is -2.04. The van der Waals surface area contributed by atoms with Gasteiger partial charge in [0.1, 0.15) is 0 Å². The van der Waals surface area contributed by atoms with E-state index in [1.807, 2.05) is 24.5 Å². The summed E-state index contributed by atoms with van der Waals surface area (Å²) in [6, 6.07) is 8.11. The van der Waals surface area contributed by atoms with Gasteiger partial charge in [-0.25, -0.2) is 4.98 Å². The van der Waals surface area contributed by atoms with E-state index >= 15 is 0 Å². The van der Waals surface area contributed by atoms with Crippen LogP contribution in [0.2, 0.25) is 0 Å². The van der Waals surface area contributed by atoms with E-state index < -0.39 is 0 Å². The molecule has 0 amide bonds. The third-order valence-electron chi connectivity index (χ3n) is 3.48. The van der Waals surface area contributed by atoms with E-state index in [2.05, 4.69) is 42.9 Å². The molecule has 0 aliphatic carbocycles. The Balaban J connectivity index is 1.81. The molecule has 0 fully saturated rings. The first-order valence-electron chi connectivity index (χ1n) is 7.15. The molecule has 0 saturated carbocycles. The van der Waals surface area contributed by atoms with E-state index in [-0.39, 0.29) is 0 Å². The van der Waals surface area contributed by atoms with Crippen LogP contribution in [0.25, 0.3) is 0 Å². The van der Waals surface area contributed by atoms with E-state index in [4.69, 9.17) is 4.74 Å². The van der Waals surface area contributed by atoms with Gasteiger partial charge in [-0.05, 0) is 35.4 Å². The molecule has 3 heteroatoms. The Hall–Kier alpha value is -1.90. The molecule has 2 rings (SSSR count). The van der Waals surface area contributed by atoms with Crippen LogP contribution in [0.3, 0.4) is 0 Å². The standard InChI is InChI=1S/C17H22N2O/c1-13(2)15-6-7-17(19-12-15)20-10-8-14(3)16-5-4-9-18-11-16/h4-7,9,11-14H,8,10H2,1-3H3. The predicted molar refractivity (Wildman–Crippen MR) is 81.1 cm³/mol. The molecule has 0 aliphatic heterocycles. The predicted octanol–water partition coefficient (Wildman–Crippen LogP) is 4.17. The van der Waals surface area contributed by atoms with Gasteiger partial charge in [0.2, 0.25) is 5.88 Å². The van der Waals surface area contributed by atoms with Gasteiger partial charge in [-0.15, -0.1) is 0 Å². The Morgan fingerprint density at radius 1 is 1.05 bits per heavy atom. The van der Waals surface area contributed by atoms with Crippen molar-refractivity contribution in [2.45, 2.75) is 39.0 Å². The van der Waals surface area contributed by atoms with Crippen molar-refractivity contribution in [3.63, 3.8) is 0 Å². The van der Waals surface area contributed by atoms with Crippen LogP contribution in [0, 0.1) is 0 Å². The minimum absolute atomic E-state index is 0.443. The van der Waals surface area contributed by atoms with Gasteiger partial charge in [0, 0.05) is 24.7 Å². The summed E-state index contributed by atoms with van der Waals surface area (Å²) in [5.41, 5.74) is 2.49. The molecule has 0 radical (unpaired) electrons. The van der Waals surface area contributed by atoms with Crippen LogP contribution in [-0.4, -0.2) is 16.6 Å². The van der Waals surface area contributed by atoms with Crippen molar-refractivity contribution < 1.29 is 4.74 Å². The molecule has 20 heavy (non-hydrogen) atoms. The second kappa shape index (κ2) is 7.04. The van der Waals surface area contributed by atoms with E-state index in [9.17, 15) is 0 Å². The molecule has 0 spiro atoms. The van der Waals surface area contributed by atoms with Crippen LogP contribution in [0.1, 0.15) is 50.2 Å². The maximum Gasteiger partial charge on any atom is 0.213 e. The maximum atomic E-state index is 5.70. The SMILES string of the molecule is CC(C)c1ccc(OCCC(C)c2cccnc2)nc1. The van der Waals surface area contributed by atoms with Crippen LogP contribution >= 0.6 is 0 Å². The van der Waals surface area contributed by atoms with E-state index in [0.29, 0.717) is 24.3 Å². The average Bonchev–Trinajstić information content (AvgIpc) is 2.48. The molecule has 0 aliphatic rings. The monoisotopic (exact) mass is 270 g/mol. The largest absolute Gasteiger partial charge is 0.478 e. The molecule has 1 unspecified atom stereocenters. The van der Waals surface area contributed by atoms with Crippen LogP contribution in [-0.2, 0) is 0 Å². The Morgan fingerprint density at radius 2 is 1.90 bits per heavy atom. The summed E-state index contributed by atoms with van der Waals surface area (Å²) in [5, 5.41) is 0. The van der Waals surface area contributed by atoms with Gasteiger partial charge >= 0.3 is 0 Å². The second-order valence-corrected chi connectivity index (χ2v) is 5.41. The minimum Gasteiger partial charge on any atom is -0.478 e. The molecule has 3 nitrogen and oxygen atoms in total. The van der Waals surface area contributed by atoms with Crippen LogP contribution in [0.4, 0.5) is 0 Å². The summed E-state index contributed by atoms with van der Waals surface area (Å²) in [7, 11) is 0. The summed E-state index contributed by atoms with van der Waals surface area (Å²) in [6.45, 7) is 7.18. The van der Waals surface area contributed by atoms with Crippen molar-refractivity contribution in [1.29, 1.82) is 0 Å². The van der Waals surface area contributed by atoms with Crippen LogP contribution < -0.4 is 4.74 Å². The molecular formula is C17H22N2O. The number of rotatable bonds is 6. The van der Waals surface area contributed by atoms with Crippen molar-refractivity contribution >= 4 is 0 Å². The number of nitrogens with zero attached hydrogens (tertiary/aromatic N) is 2. The first-order valence-corrected chi connectivity index (χ1v) is 7.15. The van der Waals surface area contributed by atoms with Crippen LogP contribution in [0.5, 0.6) is 5.88 Å². The highest BCUT2D eigenvalue weighted by atomic mass is 16.5. The number of hydrogen-bond acceptors (Lipinski definition) is 3. The summed E-state index contributed by atoms with van der Waals surface area (Å²) in [4.78, 5) is 8.48. The van der Waals surface area contributed by atoms with E-state index in [1.165, 1.54) is 11.1 Å². The molecule has 2 aromatic rings. The zero-order valence-electron chi connectivity index (χ0n) is 12.4. The number of hydrogen-bond donors (Lipinski definition) is 0. The Morgan fingerprint density at radius 3 is 2.50 bits per heavy atom. The van der Waals surface area contributed by atoms with Crippen molar-refractivity contribution in [2.24, 2.45) is 0 Å². The molecular weight excluding hydrogens is 248 g/mol. The minimum atomic E-state index is 0.443. The fourth-order valence-electron chi connectivity index (χ4n) is 1.99. The van der Waals surface area contributed by atoms with E-state index in [0.717, 1.165) is 6.42 Å². The van der Waals surface area contributed by atoms with E-state index in [1.54, 1.807) is 6.20 Å². The van der Waals surface area contributed by atoms with Gasteiger partial charge in [0.15, 0.2) is 0 Å². The van der Waals surface area contributed by atoms with Crippen molar-refractivity contribution in [3.05, 3.63) is 54.0 Å². The molecule has 0 N–H and O–H groups in total. The topological polar surface area (TPSA) is 35.0 Å². The fraction of sp³-hybridized carbons (Fsp3) is 0.412. The Bertz CT molecular complexity index is 508. The summed E-state index contributed by atoms with van der Waals surface area (Å²) < 4.78 is 5.70. The highest BCUT2D eigenvalue weighted by Crippen LogP contribution is 2.19. The molecule has 1 atom stereocenters. The number of ether oxygens (including phenoxy) is 1. The fourth-order valence-corrected chi connectivity index (χ4v) is 1.99. The first-order chi connectivity index (χ1) is 9.66. The maximum absolute atomic E-state index is 5.70. The molecule has 0 aromatic carbocycles. The third kappa shape index (κ3) is 4.05. The lowest BCUT2D eigenvalue weighted by molar-refractivity contribution is 0.289. The third-order valence-corrected chi connectivity index (χ3v) is 3.48. The molecule has 2 aromatic heterocycles. The highest BCUT2D eigenvalue weighted by Gasteiger charge is 2.06. The molecule has 106 valence electrons. The van der Waals surface area contributed by atoms with Crippen LogP contribution in [0.15, 0.2) is 42.9 Å². The van der Waals surface area contributed by atoms with Gasteiger partial charge in [-0.2, -0.15) is 0 Å². The lowest BCUT2D eigenvalue weighted by atomic mass is 10.0. The average molecular weight is 270 g/mol. The summed E-state index contributed by atoms with van der Waals surface area (Å²) in [5.74, 6) is 1.65. The first kappa shape index (κ1) is 14.5. The zero-order valence-corrected chi connectivity index (χ0v) is 12.4. The summed E-state index contributed by atoms with van der Waals surface area (Å²) >= 11 is 0. The molecule has 0 saturated heterocycles. The zero-order chi connectivity index (χ0) is 14.4. The number of aromatic nitrogens is 2. The van der Waals surface area contributed by atoms with Crippen molar-refractivity contribution in [3.8, 4) is 5.88 Å². The number of pyridine rings is 2. The van der Waals surface area contributed by atoms with Crippen molar-refractivity contribution in [2.75, 3.05) is 6.61 Å². The highest BCUT2D eigenvalue weighted by molar-refractivity contribution is 5.20. The van der Waals surface area contributed by atoms with Crippen molar-refractivity contribution in [1.82, 2.24) is 9.97 Å². The lowest BCUT2D eigenvalue weighted by Gasteiger charge is -2.12. The molecule has 2 heterocycles. The van der Waals surface area contributed by atoms with Gasteiger partial charge < -0.3 is 4.74 Å².